The topological polar surface area (TPSA) is 82.1 Å². The molecule has 1 saturated heterocycles. The maximum Gasteiger partial charge on any atom is 0.170 e. The lowest BCUT2D eigenvalue weighted by molar-refractivity contribution is 0.244. The second-order valence-electron chi connectivity index (χ2n) is 4.86. The average Bonchev–Trinajstić information content (AvgIpc) is 2.78. The first-order chi connectivity index (χ1) is 9.08. The minimum atomic E-state index is -0.434. The van der Waals surface area contributed by atoms with E-state index in [1.165, 1.54) is 6.07 Å². The number of rotatable bonds is 3. The molecule has 2 unspecified atom stereocenters. The highest BCUT2D eigenvalue weighted by Gasteiger charge is 2.32. The van der Waals surface area contributed by atoms with Gasteiger partial charge >= 0.3 is 0 Å². The van der Waals surface area contributed by atoms with Crippen molar-refractivity contribution in [3.8, 4) is 0 Å². The molecule has 19 heavy (non-hydrogen) atoms. The fourth-order valence-corrected chi connectivity index (χ4v) is 2.54. The summed E-state index contributed by atoms with van der Waals surface area (Å²) in [6, 6.07) is 4.38. The number of amidine groups is 1. The number of hydrogen-bond acceptors (Lipinski definition) is 4. The maximum absolute atomic E-state index is 14.1. The Bertz CT molecular complexity index is 493. The molecule has 1 aromatic carbocycles. The quantitative estimate of drug-likeness (QED) is 0.332. The molecule has 5 nitrogen and oxygen atoms in total. The number of hydrogen-bond donors (Lipinski definition) is 3. The molecule has 4 N–H and O–H groups in total. The van der Waals surface area contributed by atoms with Gasteiger partial charge in [-0.25, -0.2) is 4.39 Å². The third-order valence-electron chi connectivity index (χ3n) is 3.73. The van der Waals surface area contributed by atoms with E-state index in [2.05, 4.69) is 5.16 Å². The zero-order valence-corrected chi connectivity index (χ0v) is 10.8. The number of nitrogens with two attached hydrogens (primary N) is 1. The molecule has 0 amide bonds. The molecule has 1 aliphatic rings. The second-order valence-corrected chi connectivity index (χ2v) is 4.86. The molecule has 0 spiro atoms. The molecule has 0 saturated carbocycles. The van der Waals surface area contributed by atoms with Crippen molar-refractivity contribution in [3.63, 3.8) is 0 Å². The van der Waals surface area contributed by atoms with Gasteiger partial charge in [0.15, 0.2) is 5.84 Å². The molecule has 1 aliphatic heterocycles. The van der Waals surface area contributed by atoms with Crippen molar-refractivity contribution in [2.75, 3.05) is 18.1 Å². The summed E-state index contributed by atoms with van der Waals surface area (Å²) in [5, 5.41) is 20.8. The molecular weight excluding hydrogens is 249 g/mol. The van der Waals surface area contributed by atoms with Crippen LogP contribution in [0.4, 0.5) is 10.1 Å². The average molecular weight is 267 g/mol. The van der Waals surface area contributed by atoms with E-state index in [9.17, 15) is 9.50 Å². The van der Waals surface area contributed by atoms with E-state index < -0.39 is 5.82 Å². The van der Waals surface area contributed by atoms with Crippen LogP contribution in [0.1, 0.15) is 18.9 Å². The summed E-state index contributed by atoms with van der Waals surface area (Å²) in [6.45, 7) is 2.76. The van der Waals surface area contributed by atoms with Gasteiger partial charge in [-0.3, -0.25) is 0 Å². The fourth-order valence-electron chi connectivity index (χ4n) is 2.54. The van der Waals surface area contributed by atoms with Crippen LogP contribution in [0, 0.1) is 11.7 Å². The third-order valence-corrected chi connectivity index (χ3v) is 3.73. The number of aliphatic hydroxyl groups is 1. The van der Waals surface area contributed by atoms with Crippen LogP contribution in [-0.2, 0) is 0 Å². The molecule has 1 heterocycles. The van der Waals surface area contributed by atoms with Gasteiger partial charge in [-0.1, -0.05) is 12.1 Å². The predicted molar refractivity (Wildman–Crippen MR) is 70.9 cm³/mol. The van der Waals surface area contributed by atoms with Crippen molar-refractivity contribution in [3.05, 3.63) is 29.6 Å². The van der Waals surface area contributed by atoms with Gasteiger partial charge in [0.25, 0.3) is 0 Å². The van der Waals surface area contributed by atoms with E-state index in [0.29, 0.717) is 23.7 Å². The summed E-state index contributed by atoms with van der Waals surface area (Å²) in [4.78, 5) is 1.87. The predicted octanol–water partition coefficient (Wildman–Crippen LogP) is 1.13. The Hall–Kier alpha value is -1.82. The molecule has 1 fully saturated rings. The number of halogens is 1. The van der Waals surface area contributed by atoms with Gasteiger partial charge in [0.1, 0.15) is 5.82 Å². The van der Waals surface area contributed by atoms with Crippen molar-refractivity contribution in [2.45, 2.75) is 19.4 Å². The molecule has 104 valence electrons. The van der Waals surface area contributed by atoms with Crippen molar-refractivity contribution < 1.29 is 14.7 Å². The molecule has 0 aliphatic carbocycles. The highest BCUT2D eigenvalue weighted by atomic mass is 19.1. The molecule has 0 radical (unpaired) electrons. The second kappa shape index (κ2) is 5.44. The Morgan fingerprint density at radius 3 is 2.89 bits per heavy atom. The van der Waals surface area contributed by atoms with Gasteiger partial charge < -0.3 is 20.9 Å². The lowest BCUT2D eigenvalue weighted by Crippen LogP contribution is -2.35. The van der Waals surface area contributed by atoms with Crippen LogP contribution in [-0.4, -0.2) is 35.3 Å². The van der Waals surface area contributed by atoms with Crippen LogP contribution >= 0.6 is 0 Å². The van der Waals surface area contributed by atoms with Crippen molar-refractivity contribution >= 4 is 11.5 Å². The van der Waals surface area contributed by atoms with E-state index in [4.69, 9.17) is 10.9 Å². The summed E-state index contributed by atoms with van der Waals surface area (Å²) in [5.41, 5.74) is 6.19. The largest absolute Gasteiger partial charge is 0.409 e. The number of aliphatic hydroxyl groups excluding tert-OH is 1. The van der Waals surface area contributed by atoms with E-state index >= 15 is 0 Å². The Balaban J connectivity index is 2.31. The Kier molecular flexibility index (Phi) is 3.90. The van der Waals surface area contributed by atoms with Gasteiger partial charge in [-0.05, 0) is 30.5 Å². The molecule has 1 aromatic rings. The van der Waals surface area contributed by atoms with Crippen LogP contribution in [0.2, 0.25) is 0 Å². The van der Waals surface area contributed by atoms with Gasteiger partial charge in [-0.2, -0.15) is 0 Å². The molecule has 6 heteroatoms. The minimum absolute atomic E-state index is 0.00257. The number of oxime groups is 1. The number of benzene rings is 1. The van der Waals surface area contributed by atoms with Crippen LogP contribution < -0.4 is 10.6 Å². The van der Waals surface area contributed by atoms with E-state index in [1.54, 1.807) is 12.1 Å². The third kappa shape index (κ3) is 2.49. The van der Waals surface area contributed by atoms with Crippen molar-refractivity contribution in [1.29, 1.82) is 0 Å². The van der Waals surface area contributed by atoms with Gasteiger partial charge in [0.2, 0.25) is 0 Å². The van der Waals surface area contributed by atoms with Gasteiger partial charge in [0, 0.05) is 12.1 Å². The zero-order valence-electron chi connectivity index (χ0n) is 10.8. The minimum Gasteiger partial charge on any atom is -0.409 e. The van der Waals surface area contributed by atoms with Crippen molar-refractivity contribution in [1.82, 2.24) is 0 Å². The molecule has 2 rings (SSSR count). The van der Waals surface area contributed by atoms with E-state index in [-0.39, 0.29) is 18.5 Å². The molecule has 0 bridgehead atoms. The first-order valence-electron chi connectivity index (χ1n) is 6.23. The van der Waals surface area contributed by atoms with E-state index in [1.807, 2.05) is 11.8 Å². The summed E-state index contributed by atoms with van der Waals surface area (Å²) in [5.74, 6) is -0.233. The number of anilines is 1. The molecule has 0 aromatic heterocycles. The van der Waals surface area contributed by atoms with E-state index in [0.717, 1.165) is 6.42 Å². The van der Waals surface area contributed by atoms with Crippen LogP contribution in [0.3, 0.4) is 0 Å². The Morgan fingerprint density at radius 2 is 2.32 bits per heavy atom. The number of nitrogens with zero attached hydrogens (tertiary/aromatic N) is 2. The molecule has 2 atom stereocenters. The lowest BCUT2D eigenvalue weighted by atomic mass is 10.0. The van der Waals surface area contributed by atoms with Gasteiger partial charge in [-0.15, -0.1) is 0 Å². The highest BCUT2D eigenvalue weighted by Crippen LogP contribution is 2.31. The molecular formula is C13H18FN3O2. The van der Waals surface area contributed by atoms with Crippen LogP contribution in [0.15, 0.2) is 23.4 Å². The zero-order chi connectivity index (χ0) is 14.0. The lowest BCUT2D eigenvalue weighted by Gasteiger charge is -2.27. The van der Waals surface area contributed by atoms with Gasteiger partial charge in [0.05, 0.1) is 18.3 Å². The summed E-state index contributed by atoms with van der Waals surface area (Å²) in [6.07, 6.45) is 0.923. The summed E-state index contributed by atoms with van der Waals surface area (Å²) >= 11 is 0. The normalized spacial score (nSPS) is 23.9. The maximum atomic E-state index is 14.1. The fraction of sp³-hybridized carbons (Fsp3) is 0.462. The SMILES string of the molecule is CC1CCN(c2ccc(/C(N)=N/O)cc2F)C1CO. The highest BCUT2D eigenvalue weighted by molar-refractivity contribution is 5.97. The Morgan fingerprint density at radius 1 is 1.58 bits per heavy atom. The van der Waals surface area contributed by atoms with Crippen molar-refractivity contribution in [2.24, 2.45) is 16.8 Å². The van der Waals surface area contributed by atoms with Crippen LogP contribution in [0.5, 0.6) is 0 Å². The standard InChI is InChI=1S/C13H18FN3O2/c1-8-4-5-17(12(8)7-18)11-3-2-9(6-10(11)14)13(15)16-19/h2-3,6,8,12,18-19H,4-5,7H2,1H3,(H2,15,16). The summed E-state index contributed by atoms with van der Waals surface area (Å²) in [7, 11) is 0. The Labute approximate surface area is 111 Å². The smallest absolute Gasteiger partial charge is 0.170 e. The van der Waals surface area contributed by atoms with Crippen LogP contribution in [0.25, 0.3) is 0 Å². The summed E-state index contributed by atoms with van der Waals surface area (Å²) < 4.78 is 14.1. The monoisotopic (exact) mass is 267 g/mol. The first kappa shape index (κ1) is 13.6. The first-order valence-corrected chi connectivity index (χ1v) is 6.23.